The number of nitrogens with two attached hydrogens (primary N) is 1. The lowest BCUT2D eigenvalue weighted by molar-refractivity contribution is 0.464. The Morgan fingerprint density at radius 2 is 1.67 bits per heavy atom. The van der Waals surface area contributed by atoms with Gasteiger partial charge in [0.1, 0.15) is 17.4 Å². The minimum Gasteiger partial charge on any atom is -0.438 e. The molecule has 2 N–H and O–H groups in total. The second kappa shape index (κ2) is 7.21. The van der Waals surface area contributed by atoms with Crippen LogP contribution in [0.5, 0.6) is 11.6 Å². The molecule has 6 heteroatoms. The molecule has 132 valence electrons. The van der Waals surface area contributed by atoms with E-state index in [-0.39, 0.29) is 5.82 Å². The highest BCUT2D eigenvalue weighted by Gasteiger charge is 2.12. The van der Waals surface area contributed by atoms with E-state index in [0.717, 1.165) is 5.56 Å². The van der Waals surface area contributed by atoms with E-state index >= 15 is 0 Å². The van der Waals surface area contributed by atoms with E-state index in [1.165, 1.54) is 18.5 Å². The summed E-state index contributed by atoms with van der Waals surface area (Å²) in [6.07, 6.45) is 4.50. The molecule has 2 aromatic carbocycles. The van der Waals surface area contributed by atoms with Gasteiger partial charge in [0, 0.05) is 23.4 Å². The summed E-state index contributed by atoms with van der Waals surface area (Å²) in [5, 5.41) is 0. The zero-order valence-corrected chi connectivity index (χ0v) is 14.2. The fraction of sp³-hybridized carbons (Fsp3) is 0. The Morgan fingerprint density at radius 3 is 2.41 bits per heavy atom. The summed E-state index contributed by atoms with van der Waals surface area (Å²) >= 11 is 0. The van der Waals surface area contributed by atoms with Crippen LogP contribution in [0.1, 0.15) is 0 Å². The molecule has 27 heavy (non-hydrogen) atoms. The van der Waals surface area contributed by atoms with Crippen LogP contribution in [0.2, 0.25) is 0 Å². The van der Waals surface area contributed by atoms with Crippen molar-refractivity contribution in [2.45, 2.75) is 0 Å². The highest BCUT2D eigenvalue weighted by molar-refractivity contribution is 5.74. The predicted molar refractivity (Wildman–Crippen MR) is 102 cm³/mol. The van der Waals surface area contributed by atoms with Crippen molar-refractivity contribution in [3.8, 4) is 34.0 Å². The number of rotatable bonds is 4. The SMILES string of the molecule is Nc1cnc(-c2ccc(-c3ccccc3Oc3ccccn3)cc2F)cn1. The van der Waals surface area contributed by atoms with Crippen LogP contribution in [0.15, 0.2) is 79.3 Å². The van der Waals surface area contributed by atoms with Gasteiger partial charge < -0.3 is 10.5 Å². The monoisotopic (exact) mass is 358 g/mol. The van der Waals surface area contributed by atoms with Crippen molar-refractivity contribution >= 4 is 5.82 Å². The van der Waals surface area contributed by atoms with Gasteiger partial charge in [-0.25, -0.2) is 14.4 Å². The summed E-state index contributed by atoms with van der Waals surface area (Å²) in [4.78, 5) is 12.3. The average Bonchev–Trinajstić information content (AvgIpc) is 2.70. The van der Waals surface area contributed by atoms with Crippen LogP contribution in [0.3, 0.4) is 0 Å². The first kappa shape index (κ1) is 16.7. The Hall–Kier alpha value is -3.80. The molecule has 4 aromatic rings. The summed E-state index contributed by atoms with van der Waals surface area (Å²) in [5.41, 5.74) is 7.76. The number of pyridine rings is 1. The molecule has 4 rings (SSSR count). The van der Waals surface area contributed by atoms with Crippen LogP contribution in [0.25, 0.3) is 22.4 Å². The van der Waals surface area contributed by atoms with Crippen molar-refractivity contribution in [3.63, 3.8) is 0 Å². The smallest absolute Gasteiger partial charge is 0.219 e. The largest absolute Gasteiger partial charge is 0.438 e. The quantitative estimate of drug-likeness (QED) is 0.571. The lowest BCUT2D eigenvalue weighted by Gasteiger charge is -2.11. The molecule has 0 radical (unpaired) electrons. The minimum absolute atomic E-state index is 0.288. The molecule has 2 heterocycles. The van der Waals surface area contributed by atoms with Crippen molar-refractivity contribution in [1.29, 1.82) is 0 Å². The highest BCUT2D eigenvalue weighted by Crippen LogP contribution is 2.34. The zero-order chi connectivity index (χ0) is 18.6. The third-order valence-corrected chi connectivity index (χ3v) is 3.97. The molecule has 0 aliphatic rings. The fourth-order valence-corrected chi connectivity index (χ4v) is 2.68. The van der Waals surface area contributed by atoms with Gasteiger partial charge >= 0.3 is 0 Å². The van der Waals surface area contributed by atoms with Crippen LogP contribution in [0.4, 0.5) is 10.2 Å². The third kappa shape index (κ3) is 3.59. The van der Waals surface area contributed by atoms with Gasteiger partial charge in [-0.2, -0.15) is 0 Å². The third-order valence-electron chi connectivity index (χ3n) is 3.97. The molecule has 5 nitrogen and oxygen atoms in total. The summed E-state index contributed by atoms with van der Waals surface area (Å²) in [7, 11) is 0. The summed E-state index contributed by atoms with van der Waals surface area (Å²) in [6, 6.07) is 17.8. The first-order chi connectivity index (χ1) is 13.2. The summed E-state index contributed by atoms with van der Waals surface area (Å²) in [5.74, 6) is 0.949. The number of hydrogen-bond donors (Lipinski definition) is 1. The van der Waals surface area contributed by atoms with Crippen LogP contribution < -0.4 is 10.5 Å². The van der Waals surface area contributed by atoms with Gasteiger partial charge in [-0.15, -0.1) is 0 Å². The van der Waals surface area contributed by atoms with Gasteiger partial charge in [0.15, 0.2) is 0 Å². The first-order valence-electron chi connectivity index (χ1n) is 8.26. The zero-order valence-electron chi connectivity index (χ0n) is 14.2. The Balaban J connectivity index is 1.70. The molecule has 0 fully saturated rings. The van der Waals surface area contributed by atoms with E-state index in [0.29, 0.717) is 28.5 Å². The molecule has 2 aromatic heterocycles. The Labute approximate surface area is 155 Å². The van der Waals surface area contributed by atoms with Crippen molar-refractivity contribution in [2.75, 3.05) is 5.73 Å². The van der Waals surface area contributed by atoms with Crippen molar-refractivity contribution < 1.29 is 9.13 Å². The molecule has 0 saturated heterocycles. The van der Waals surface area contributed by atoms with Gasteiger partial charge in [-0.05, 0) is 29.8 Å². The van der Waals surface area contributed by atoms with Crippen molar-refractivity contribution in [3.05, 3.63) is 85.1 Å². The number of nitrogens with zero attached hydrogens (tertiary/aromatic N) is 3. The number of anilines is 1. The van der Waals surface area contributed by atoms with Gasteiger partial charge in [-0.1, -0.05) is 30.3 Å². The van der Waals surface area contributed by atoms with Crippen molar-refractivity contribution in [1.82, 2.24) is 15.0 Å². The molecule has 0 spiro atoms. The Bertz CT molecular complexity index is 1070. The standard InChI is InChI=1S/C21H15FN4O/c22-17-11-14(8-9-16(17)18-12-26-20(23)13-25-18)15-5-1-2-6-19(15)27-21-7-3-4-10-24-21/h1-13H,(H2,23,26). The van der Waals surface area contributed by atoms with E-state index in [9.17, 15) is 4.39 Å². The number of aromatic nitrogens is 3. The molecule has 0 amide bonds. The molecular weight excluding hydrogens is 343 g/mol. The normalized spacial score (nSPS) is 10.6. The highest BCUT2D eigenvalue weighted by atomic mass is 19.1. The number of nitrogen functional groups attached to an aromatic ring is 1. The molecule has 0 bridgehead atoms. The molecule has 0 unspecified atom stereocenters. The van der Waals surface area contributed by atoms with Crippen LogP contribution in [0, 0.1) is 5.82 Å². The number of halogens is 1. The first-order valence-corrected chi connectivity index (χ1v) is 8.26. The van der Waals surface area contributed by atoms with E-state index in [1.807, 2.05) is 42.5 Å². The maximum Gasteiger partial charge on any atom is 0.219 e. The number of para-hydroxylation sites is 1. The van der Waals surface area contributed by atoms with Crippen molar-refractivity contribution in [2.24, 2.45) is 0 Å². The summed E-state index contributed by atoms with van der Waals surface area (Å²) < 4.78 is 20.6. The van der Waals surface area contributed by atoms with E-state index < -0.39 is 5.82 Å². The lowest BCUT2D eigenvalue weighted by atomic mass is 10.0. The van der Waals surface area contributed by atoms with Crippen LogP contribution in [-0.4, -0.2) is 15.0 Å². The van der Waals surface area contributed by atoms with Crippen LogP contribution in [-0.2, 0) is 0 Å². The topological polar surface area (TPSA) is 73.9 Å². The van der Waals surface area contributed by atoms with E-state index in [2.05, 4.69) is 15.0 Å². The van der Waals surface area contributed by atoms with Gasteiger partial charge in [0.2, 0.25) is 5.88 Å². The minimum atomic E-state index is -0.404. The Kier molecular flexibility index (Phi) is 4.45. The Morgan fingerprint density at radius 1 is 0.815 bits per heavy atom. The predicted octanol–water partition coefficient (Wildman–Crippen LogP) is 4.72. The molecule has 0 aliphatic carbocycles. The molecular formula is C21H15FN4O. The van der Waals surface area contributed by atoms with E-state index in [4.69, 9.17) is 10.5 Å². The number of hydrogen-bond acceptors (Lipinski definition) is 5. The number of benzene rings is 2. The maximum absolute atomic E-state index is 14.7. The molecule has 0 saturated carbocycles. The van der Waals surface area contributed by atoms with Gasteiger partial charge in [-0.3, -0.25) is 4.98 Å². The lowest BCUT2D eigenvalue weighted by Crippen LogP contribution is -1.95. The maximum atomic E-state index is 14.7. The summed E-state index contributed by atoms with van der Waals surface area (Å²) in [6.45, 7) is 0. The second-order valence-electron chi connectivity index (χ2n) is 5.79. The molecule has 0 aliphatic heterocycles. The fourth-order valence-electron chi connectivity index (χ4n) is 2.68. The van der Waals surface area contributed by atoms with E-state index in [1.54, 1.807) is 18.3 Å². The van der Waals surface area contributed by atoms with Gasteiger partial charge in [0.25, 0.3) is 0 Å². The average molecular weight is 358 g/mol. The number of ether oxygens (including phenoxy) is 1. The van der Waals surface area contributed by atoms with Gasteiger partial charge in [0.05, 0.1) is 18.1 Å². The second-order valence-corrected chi connectivity index (χ2v) is 5.79. The molecule has 0 atom stereocenters. The van der Waals surface area contributed by atoms with Crippen LogP contribution >= 0.6 is 0 Å².